The molecule has 1 amide bonds. The molecule has 0 heterocycles. The van der Waals surface area contributed by atoms with Gasteiger partial charge in [-0.15, -0.1) is 0 Å². The number of ether oxygens (including phenoxy) is 1. The van der Waals surface area contributed by atoms with Crippen LogP contribution < -0.4 is 10.1 Å². The number of nitrogens with one attached hydrogen (secondary N) is 1. The minimum absolute atomic E-state index is 0.0262. The van der Waals surface area contributed by atoms with Crippen LogP contribution in [-0.2, 0) is 9.59 Å². The zero-order valence-corrected chi connectivity index (χ0v) is 12.6. The summed E-state index contributed by atoms with van der Waals surface area (Å²) in [6.45, 7) is 3.34. The van der Waals surface area contributed by atoms with Crippen molar-refractivity contribution in [2.24, 2.45) is 5.92 Å². The number of thioether (sulfide) groups is 1. The Morgan fingerprint density at radius 2 is 2.15 bits per heavy atom. The molecule has 1 aromatic rings. The normalized spacial score (nSPS) is 11.8. The highest BCUT2D eigenvalue weighted by Gasteiger charge is 2.13. The summed E-state index contributed by atoms with van der Waals surface area (Å²) in [7, 11) is 0. The van der Waals surface area contributed by atoms with Gasteiger partial charge in [-0.1, -0.05) is 6.92 Å². The van der Waals surface area contributed by atoms with E-state index in [1.807, 2.05) is 20.1 Å². The number of rotatable bonds is 7. The molecular formula is C14H19NO4S. The lowest BCUT2D eigenvalue weighted by atomic mass is 10.1. The van der Waals surface area contributed by atoms with Crippen molar-refractivity contribution in [1.29, 1.82) is 0 Å². The third kappa shape index (κ3) is 5.13. The van der Waals surface area contributed by atoms with Gasteiger partial charge in [0.15, 0.2) is 6.61 Å². The fourth-order valence-corrected chi connectivity index (χ4v) is 2.24. The van der Waals surface area contributed by atoms with Crippen molar-refractivity contribution in [2.75, 3.05) is 23.9 Å². The first-order chi connectivity index (χ1) is 9.43. The van der Waals surface area contributed by atoms with Gasteiger partial charge in [-0.3, -0.25) is 4.79 Å². The van der Waals surface area contributed by atoms with E-state index in [0.29, 0.717) is 11.4 Å². The van der Waals surface area contributed by atoms with Crippen LogP contribution in [-0.4, -0.2) is 35.6 Å². The molecule has 1 rings (SSSR count). The number of anilines is 1. The number of carboxylic acid groups (broad SMARTS) is 1. The molecule has 0 spiro atoms. The van der Waals surface area contributed by atoms with Crippen LogP contribution in [0.5, 0.6) is 5.75 Å². The molecule has 0 aliphatic rings. The first kappa shape index (κ1) is 16.4. The van der Waals surface area contributed by atoms with Gasteiger partial charge in [0.2, 0.25) is 5.91 Å². The van der Waals surface area contributed by atoms with Crippen LogP contribution in [0.15, 0.2) is 18.2 Å². The minimum atomic E-state index is -1.02. The van der Waals surface area contributed by atoms with Gasteiger partial charge in [0.05, 0.1) is 0 Å². The summed E-state index contributed by atoms with van der Waals surface area (Å²) in [4.78, 5) is 22.3. The highest BCUT2D eigenvalue weighted by Crippen LogP contribution is 2.22. The van der Waals surface area contributed by atoms with Crippen molar-refractivity contribution in [3.05, 3.63) is 23.8 Å². The summed E-state index contributed by atoms with van der Waals surface area (Å²) < 4.78 is 5.08. The fourth-order valence-electron chi connectivity index (χ4n) is 1.59. The molecule has 0 fully saturated rings. The molecule has 5 nitrogen and oxygen atoms in total. The minimum Gasteiger partial charge on any atom is -0.482 e. The Labute approximate surface area is 122 Å². The van der Waals surface area contributed by atoms with E-state index in [9.17, 15) is 9.59 Å². The average Bonchev–Trinajstić information content (AvgIpc) is 2.39. The maximum absolute atomic E-state index is 11.9. The van der Waals surface area contributed by atoms with Gasteiger partial charge in [0.25, 0.3) is 0 Å². The number of carbonyl (C=O) groups excluding carboxylic acids is 1. The van der Waals surface area contributed by atoms with Gasteiger partial charge in [0.1, 0.15) is 5.75 Å². The monoisotopic (exact) mass is 297 g/mol. The second kappa shape index (κ2) is 7.79. The average molecular weight is 297 g/mol. The molecule has 2 N–H and O–H groups in total. The molecule has 1 aromatic carbocycles. The molecule has 1 unspecified atom stereocenters. The molecule has 0 aliphatic carbocycles. The van der Waals surface area contributed by atoms with Crippen LogP contribution in [0, 0.1) is 12.8 Å². The van der Waals surface area contributed by atoms with Crippen LogP contribution in [0.3, 0.4) is 0 Å². The van der Waals surface area contributed by atoms with E-state index in [1.54, 1.807) is 30.0 Å². The first-order valence-corrected chi connectivity index (χ1v) is 7.58. The summed E-state index contributed by atoms with van der Waals surface area (Å²) in [6.07, 6.45) is 1.96. The lowest BCUT2D eigenvalue weighted by Gasteiger charge is -2.13. The third-order valence-electron chi connectivity index (χ3n) is 2.68. The van der Waals surface area contributed by atoms with Crippen molar-refractivity contribution in [3.63, 3.8) is 0 Å². The lowest BCUT2D eigenvalue weighted by Crippen LogP contribution is -2.22. The molecule has 0 aliphatic heterocycles. The molecular weight excluding hydrogens is 278 g/mol. The number of aryl methyl sites for hydroxylation is 1. The number of carboxylic acids is 1. The van der Waals surface area contributed by atoms with Crippen LogP contribution in [0.25, 0.3) is 0 Å². The number of amides is 1. The Morgan fingerprint density at radius 3 is 2.70 bits per heavy atom. The molecule has 0 saturated carbocycles. The topological polar surface area (TPSA) is 75.6 Å². The van der Waals surface area contributed by atoms with Gasteiger partial charge < -0.3 is 15.2 Å². The zero-order chi connectivity index (χ0) is 15.1. The molecule has 6 heteroatoms. The highest BCUT2D eigenvalue weighted by molar-refractivity contribution is 7.98. The Morgan fingerprint density at radius 1 is 1.45 bits per heavy atom. The van der Waals surface area contributed by atoms with Crippen LogP contribution >= 0.6 is 11.8 Å². The van der Waals surface area contributed by atoms with Crippen molar-refractivity contribution < 1.29 is 19.4 Å². The predicted octanol–water partition coefficient (Wildman–Crippen LogP) is 2.40. The standard InChI is InChI=1S/C14H19NO4S/c1-9-6-11(19-7-13(16)17)4-5-12(9)15-14(18)10(2)8-20-3/h4-6,10H,7-8H2,1-3H3,(H,15,18)(H,16,17). The van der Waals surface area contributed by atoms with E-state index in [0.717, 1.165) is 11.3 Å². The summed E-state index contributed by atoms with van der Waals surface area (Å²) in [6, 6.07) is 5.07. The number of benzene rings is 1. The Bertz CT molecular complexity index is 490. The smallest absolute Gasteiger partial charge is 0.341 e. The molecule has 0 radical (unpaired) electrons. The van der Waals surface area contributed by atoms with Gasteiger partial charge >= 0.3 is 5.97 Å². The largest absolute Gasteiger partial charge is 0.482 e. The Balaban J connectivity index is 2.68. The third-order valence-corrected chi connectivity index (χ3v) is 3.52. The van der Waals surface area contributed by atoms with E-state index >= 15 is 0 Å². The number of carbonyl (C=O) groups is 2. The van der Waals surface area contributed by atoms with Crippen LogP contribution in [0.2, 0.25) is 0 Å². The van der Waals surface area contributed by atoms with Gasteiger partial charge in [0, 0.05) is 17.4 Å². The maximum atomic E-state index is 11.9. The molecule has 110 valence electrons. The summed E-state index contributed by atoms with van der Waals surface area (Å²) >= 11 is 1.63. The van der Waals surface area contributed by atoms with Gasteiger partial charge in [-0.05, 0) is 36.9 Å². The van der Waals surface area contributed by atoms with Crippen molar-refractivity contribution >= 4 is 29.3 Å². The molecule has 0 bridgehead atoms. The van der Waals surface area contributed by atoms with E-state index in [-0.39, 0.29) is 18.4 Å². The predicted molar refractivity (Wildman–Crippen MR) is 80.5 cm³/mol. The van der Waals surface area contributed by atoms with Crippen LogP contribution in [0.1, 0.15) is 12.5 Å². The Hall–Kier alpha value is -1.69. The zero-order valence-electron chi connectivity index (χ0n) is 11.8. The van der Waals surface area contributed by atoms with Crippen LogP contribution in [0.4, 0.5) is 5.69 Å². The second-order valence-corrected chi connectivity index (χ2v) is 5.42. The maximum Gasteiger partial charge on any atom is 0.341 e. The van der Waals surface area contributed by atoms with E-state index in [1.165, 1.54) is 0 Å². The summed E-state index contributed by atoms with van der Waals surface area (Å²) in [5, 5.41) is 11.4. The first-order valence-electron chi connectivity index (χ1n) is 6.19. The SMILES string of the molecule is CSCC(C)C(=O)Nc1ccc(OCC(=O)O)cc1C. The van der Waals surface area contributed by atoms with Crippen molar-refractivity contribution in [2.45, 2.75) is 13.8 Å². The summed E-state index contributed by atoms with van der Waals surface area (Å²) in [5.74, 6) is 0.130. The molecule has 1 atom stereocenters. The highest BCUT2D eigenvalue weighted by atomic mass is 32.2. The lowest BCUT2D eigenvalue weighted by molar-refractivity contribution is -0.139. The quantitative estimate of drug-likeness (QED) is 0.808. The van der Waals surface area contributed by atoms with Gasteiger partial charge in [-0.25, -0.2) is 4.79 Å². The van der Waals surface area contributed by atoms with E-state index in [2.05, 4.69) is 5.32 Å². The molecule has 0 saturated heterocycles. The number of hydrogen-bond acceptors (Lipinski definition) is 4. The number of hydrogen-bond donors (Lipinski definition) is 2. The van der Waals surface area contributed by atoms with E-state index < -0.39 is 5.97 Å². The second-order valence-electron chi connectivity index (χ2n) is 4.50. The molecule has 0 aromatic heterocycles. The van der Waals surface area contributed by atoms with Gasteiger partial charge in [-0.2, -0.15) is 11.8 Å². The Kier molecular flexibility index (Phi) is 6.38. The molecule has 20 heavy (non-hydrogen) atoms. The summed E-state index contributed by atoms with van der Waals surface area (Å²) in [5.41, 5.74) is 1.54. The number of aliphatic carboxylic acids is 1. The van der Waals surface area contributed by atoms with E-state index in [4.69, 9.17) is 9.84 Å². The van der Waals surface area contributed by atoms with Crippen molar-refractivity contribution in [1.82, 2.24) is 0 Å². The van der Waals surface area contributed by atoms with Crippen molar-refractivity contribution in [3.8, 4) is 5.75 Å². The fraction of sp³-hybridized carbons (Fsp3) is 0.429.